The summed E-state index contributed by atoms with van der Waals surface area (Å²) in [5.41, 5.74) is 11.5. The maximum absolute atomic E-state index is 11.0. The molecular formula is C11H16N2O. The maximum atomic E-state index is 11.0. The first-order valence-electron chi connectivity index (χ1n) is 4.56. The lowest BCUT2D eigenvalue weighted by atomic mass is 9.78. The molecule has 0 saturated heterocycles. The molecule has 1 amide bonds. The zero-order chi connectivity index (χ0) is 10.8. The molecule has 14 heavy (non-hydrogen) atoms. The Balaban J connectivity index is 3.02. The second-order valence-corrected chi connectivity index (χ2v) is 3.97. The Morgan fingerprint density at radius 2 is 1.79 bits per heavy atom. The molecule has 1 atom stereocenters. The van der Waals surface area contributed by atoms with Crippen LogP contribution in [0.4, 0.5) is 0 Å². The van der Waals surface area contributed by atoms with Crippen molar-refractivity contribution >= 4 is 5.91 Å². The van der Waals surface area contributed by atoms with Crippen LogP contribution in [0.25, 0.3) is 0 Å². The molecule has 0 aliphatic heterocycles. The summed E-state index contributed by atoms with van der Waals surface area (Å²) in [6.07, 6.45) is 0. The molecule has 0 bridgehead atoms. The van der Waals surface area contributed by atoms with Gasteiger partial charge in [-0.3, -0.25) is 4.79 Å². The highest BCUT2D eigenvalue weighted by atomic mass is 16.1. The molecule has 1 aromatic rings. The van der Waals surface area contributed by atoms with Gasteiger partial charge in [0.15, 0.2) is 0 Å². The average molecular weight is 192 g/mol. The summed E-state index contributed by atoms with van der Waals surface area (Å²) >= 11 is 0. The van der Waals surface area contributed by atoms with E-state index in [-0.39, 0.29) is 0 Å². The number of carbonyl (C=O) groups excluding carboxylic acids is 1. The lowest BCUT2D eigenvalue weighted by Gasteiger charge is -2.29. The molecule has 0 radical (unpaired) electrons. The Labute approximate surface area is 84.1 Å². The quantitative estimate of drug-likeness (QED) is 0.743. The van der Waals surface area contributed by atoms with Crippen LogP contribution in [-0.4, -0.2) is 11.9 Å². The second kappa shape index (κ2) is 3.80. The molecule has 0 saturated carbocycles. The Hall–Kier alpha value is -1.35. The summed E-state index contributed by atoms with van der Waals surface area (Å²) in [5.74, 6) is -0.473. The van der Waals surface area contributed by atoms with Gasteiger partial charge in [0, 0.05) is 5.41 Å². The van der Waals surface area contributed by atoms with Gasteiger partial charge < -0.3 is 11.5 Å². The SMILES string of the molecule is CC(C)(c1ccccc1)C(N)C(N)=O. The third-order valence-corrected chi connectivity index (χ3v) is 2.60. The smallest absolute Gasteiger partial charge is 0.235 e. The lowest BCUT2D eigenvalue weighted by Crippen LogP contribution is -2.50. The van der Waals surface area contributed by atoms with E-state index < -0.39 is 17.4 Å². The topological polar surface area (TPSA) is 69.1 Å². The maximum Gasteiger partial charge on any atom is 0.235 e. The van der Waals surface area contributed by atoms with E-state index in [1.54, 1.807) is 0 Å². The van der Waals surface area contributed by atoms with E-state index in [4.69, 9.17) is 11.5 Å². The van der Waals surface area contributed by atoms with E-state index in [2.05, 4.69) is 0 Å². The van der Waals surface area contributed by atoms with Crippen LogP contribution >= 0.6 is 0 Å². The van der Waals surface area contributed by atoms with Gasteiger partial charge in [0.05, 0.1) is 6.04 Å². The molecule has 3 heteroatoms. The van der Waals surface area contributed by atoms with E-state index in [1.807, 2.05) is 44.2 Å². The van der Waals surface area contributed by atoms with E-state index >= 15 is 0 Å². The summed E-state index contributed by atoms with van der Waals surface area (Å²) < 4.78 is 0. The molecule has 0 spiro atoms. The number of nitrogens with two attached hydrogens (primary N) is 2. The number of amides is 1. The second-order valence-electron chi connectivity index (χ2n) is 3.97. The molecule has 0 aliphatic carbocycles. The fraction of sp³-hybridized carbons (Fsp3) is 0.364. The third kappa shape index (κ3) is 1.93. The zero-order valence-corrected chi connectivity index (χ0v) is 8.53. The van der Waals surface area contributed by atoms with Gasteiger partial charge in [-0.2, -0.15) is 0 Å². The van der Waals surface area contributed by atoms with Gasteiger partial charge in [0.25, 0.3) is 0 Å². The number of hydrogen-bond acceptors (Lipinski definition) is 2. The summed E-state index contributed by atoms with van der Waals surface area (Å²) in [6.45, 7) is 3.83. The van der Waals surface area contributed by atoms with Crippen molar-refractivity contribution in [3.05, 3.63) is 35.9 Å². The van der Waals surface area contributed by atoms with E-state index in [0.29, 0.717) is 0 Å². The summed E-state index contributed by atoms with van der Waals surface area (Å²) in [4.78, 5) is 11.0. The van der Waals surface area contributed by atoms with Gasteiger partial charge in [0.2, 0.25) is 5.91 Å². The van der Waals surface area contributed by atoms with Gasteiger partial charge in [0.1, 0.15) is 0 Å². The molecule has 1 aromatic carbocycles. The molecule has 0 heterocycles. The third-order valence-electron chi connectivity index (χ3n) is 2.60. The minimum atomic E-state index is -0.662. The van der Waals surface area contributed by atoms with E-state index in [1.165, 1.54) is 0 Å². The summed E-state index contributed by atoms with van der Waals surface area (Å²) in [5, 5.41) is 0. The van der Waals surface area contributed by atoms with Crippen LogP contribution in [0.15, 0.2) is 30.3 Å². The van der Waals surface area contributed by atoms with Crippen LogP contribution < -0.4 is 11.5 Å². The first-order chi connectivity index (χ1) is 6.46. The monoisotopic (exact) mass is 192 g/mol. The van der Waals surface area contributed by atoms with Crippen molar-refractivity contribution in [2.75, 3.05) is 0 Å². The molecule has 1 unspecified atom stereocenters. The van der Waals surface area contributed by atoms with Gasteiger partial charge in [-0.05, 0) is 5.56 Å². The predicted octanol–water partition coefficient (Wildman–Crippen LogP) is 0.777. The summed E-state index contributed by atoms with van der Waals surface area (Å²) in [6, 6.07) is 9.00. The summed E-state index contributed by atoms with van der Waals surface area (Å²) in [7, 11) is 0. The Morgan fingerprint density at radius 1 is 1.29 bits per heavy atom. The van der Waals surface area contributed by atoms with Crippen LogP contribution in [0.1, 0.15) is 19.4 Å². The molecule has 4 N–H and O–H groups in total. The van der Waals surface area contributed by atoms with Crippen molar-refractivity contribution in [1.29, 1.82) is 0 Å². The van der Waals surface area contributed by atoms with E-state index in [9.17, 15) is 4.79 Å². The Morgan fingerprint density at radius 3 is 2.21 bits per heavy atom. The number of benzene rings is 1. The van der Waals surface area contributed by atoms with Gasteiger partial charge in [-0.25, -0.2) is 0 Å². The van der Waals surface area contributed by atoms with Gasteiger partial charge in [-0.1, -0.05) is 44.2 Å². The van der Waals surface area contributed by atoms with Gasteiger partial charge >= 0.3 is 0 Å². The van der Waals surface area contributed by atoms with Crippen molar-refractivity contribution < 1.29 is 4.79 Å². The normalized spacial score (nSPS) is 13.6. The predicted molar refractivity (Wildman–Crippen MR) is 56.6 cm³/mol. The van der Waals surface area contributed by atoms with Crippen molar-refractivity contribution in [2.45, 2.75) is 25.3 Å². The molecule has 76 valence electrons. The molecule has 0 aliphatic rings. The highest BCUT2D eigenvalue weighted by Gasteiger charge is 2.31. The molecule has 0 fully saturated rings. The number of rotatable bonds is 3. The minimum Gasteiger partial charge on any atom is -0.368 e. The van der Waals surface area contributed by atoms with Crippen LogP contribution in [-0.2, 0) is 10.2 Å². The van der Waals surface area contributed by atoms with Crippen LogP contribution in [0.3, 0.4) is 0 Å². The molecular weight excluding hydrogens is 176 g/mol. The number of hydrogen-bond donors (Lipinski definition) is 2. The Bertz CT molecular complexity index is 319. The fourth-order valence-corrected chi connectivity index (χ4v) is 1.40. The first kappa shape index (κ1) is 10.7. The van der Waals surface area contributed by atoms with Gasteiger partial charge in [-0.15, -0.1) is 0 Å². The van der Waals surface area contributed by atoms with Crippen LogP contribution in [0.5, 0.6) is 0 Å². The molecule has 1 rings (SSSR count). The van der Waals surface area contributed by atoms with Crippen molar-refractivity contribution in [3.63, 3.8) is 0 Å². The van der Waals surface area contributed by atoms with Crippen LogP contribution in [0, 0.1) is 0 Å². The highest BCUT2D eigenvalue weighted by molar-refractivity contribution is 5.81. The number of carbonyl (C=O) groups is 1. The fourth-order valence-electron chi connectivity index (χ4n) is 1.40. The molecule has 3 nitrogen and oxygen atoms in total. The average Bonchev–Trinajstić information content (AvgIpc) is 2.18. The largest absolute Gasteiger partial charge is 0.368 e. The first-order valence-corrected chi connectivity index (χ1v) is 4.56. The van der Waals surface area contributed by atoms with Crippen molar-refractivity contribution in [3.8, 4) is 0 Å². The lowest BCUT2D eigenvalue weighted by molar-refractivity contribution is -0.120. The van der Waals surface area contributed by atoms with Crippen molar-refractivity contribution in [1.82, 2.24) is 0 Å². The number of primary amides is 1. The van der Waals surface area contributed by atoms with E-state index in [0.717, 1.165) is 5.56 Å². The van der Waals surface area contributed by atoms with Crippen molar-refractivity contribution in [2.24, 2.45) is 11.5 Å². The Kier molecular flexibility index (Phi) is 2.91. The standard InChI is InChI=1S/C11H16N2O/c1-11(2,9(12)10(13)14)8-6-4-3-5-7-8/h3-7,9H,12H2,1-2H3,(H2,13,14). The minimum absolute atomic E-state index is 0.424. The molecule has 0 aromatic heterocycles. The highest BCUT2D eigenvalue weighted by Crippen LogP contribution is 2.25. The zero-order valence-electron chi connectivity index (χ0n) is 8.53. The van der Waals surface area contributed by atoms with Crippen LogP contribution in [0.2, 0.25) is 0 Å².